The minimum Gasteiger partial charge on any atom is -0.394 e. The standard InChI is InChI=1S/C23H46O5/c1-2-3-4-5-6-7-8-9-10-11-12-13-14-15-16-17-27-23-21(18-24)28-19-20(25)22(23)26/h20-26H,2-19H2,1H3/t20-,21+,22+,23+/m0/s1. The fourth-order valence-electron chi connectivity index (χ4n) is 3.91. The average molecular weight is 403 g/mol. The summed E-state index contributed by atoms with van der Waals surface area (Å²) >= 11 is 0. The van der Waals surface area contributed by atoms with Crippen molar-refractivity contribution in [1.82, 2.24) is 0 Å². The summed E-state index contributed by atoms with van der Waals surface area (Å²) in [6, 6.07) is 0. The van der Waals surface area contributed by atoms with Crippen molar-refractivity contribution in [2.45, 2.75) is 128 Å². The van der Waals surface area contributed by atoms with E-state index in [-0.39, 0.29) is 13.2 Å². The van der Waals surface area contributed by atoms with Gasteiger partial charge in [-0.3, -0.25) is 0 Å². The Hall–Kier alpha value is -0.200. The number of aliphatic hydroxyl groups is 3. The van der Waals surface area contributed by atoms with E-state index in [2.05, 4.69) is 6.92 Å². The van der Waals surface area contributed by atoms with Crippen LogP contribution in [-0.4, -0.2) is 59.6 Å². The lowest BCUT2D eigenvalue weighted by molar-refractivity contribution is -0.211. The summed E-state index contributed by atoms with van der Waals surface area (Å²) in [5.41, 5.74) is 0. The molecule has 0 saturated carbocycles. The second kappa shape index (κ2) is 17.6. The molecule has 0 bridgehead atoms. The number of aliphatic hydroxyl groups excluding tert-OH is 3. The highest BCUT2D eigenvalue weighted by molar-refractivity contribution is 4.87. The lowest BCUT2D eigenvalue weighted by Crippen LogP contribution is -2.55. The number of unbranched alkanes of at least 4 members (excludes halogenated alkanes) is 14. The van der Waals surface area contributed by atoms with Gasteiger partial charge >= 0.3 is 0 Å². The Morgan fingerprint density at radius 3 is 1.68 bits per heavy atom. The van der Waals surface area contributed by atoms with Crippen LogP contribution in [0.15, 0.2) is 0 Å². The van der Waals surface area contributed by atoms with E-state index >= 15 is 0 Å². The van der Waals surface area contributed by atoms with Gasteiger partial charge in [-0.15, -0.1) is 0 Å². The third-order valence-electron chi connectivity index (χ3n) is 5.82. The van der Waals surface area contributed by atoms with Crippen LogP contribution < -0.4 is 0 Å². The summed E-state index contributed by atoms with van der Waals surface area (Å²) in [5, 5.41) is 29.0. The van der Waals surface area contributed by atoms with Crippen molar-refractivity contribution < 1.29 is 24.8 Å². The van der Waals surface area contributed by atoms with Crippen LogP contribution in [-0.2, 0) is 9.47 Å². The summed E-state index contributed by atoms with van der Waals surface area (Å²) in [6.45, 7) is 2.65. The molecular weight excluding hydrogens is 356 g/mol. The van der Waals surface area contributed by atoms with Gasteiger partial charge in [-0.1, -0.05) is 96.8 Å². The Morgan fingerprint density at radius 2 is 1.21 bits per heavy atom. The van der Waals surface area contributed by atoms with Gasteiger partial charge in [0, 0.05) is 6.61 Å². The van der Waals surface area contributed by atoms with Crippen LogP contribution in [0, 0.1) is 0 Å². The molecule has 0 spiro atoms. The van der Waals surface area contributed by atoms with Gasteiger partial charge in [0.2, 0.25) is 0 Å². The maximum atomic E-state index is 10.00. The van der Waals surface area contributed by atoms with Gasteiger partial charge in [0.25, 0.3) is 0 Å². The molecule has 1 aliphatic rings. The Labute approximate surface area is 172 Å². The summed E-state index contributed by atoms with van der Waals surface area (Å²) in [4.78, 5) is 0. The van der Waals surface area contributed by atoms with Crippen LogP contribution in [0.4, 0.5) is 0 Å². The first kappa shape index (κ1) is 25.8. The average Bonchev–Trinajstić information content (AvgIpc) is 2.70. The van der Waals surface area contributed by atoms with Gasteiger partial charge in [0.05, 0.1) is 13.2 Å². The maximum Gasteiger partial charge on any atom is 0.114 e. The molecule has 168 valence electrons. The lowest BCUT2D eigenvalue weighted by Gasteiger charge is -2.37. The van der Waals surface area contributed by atoms with E-state index in [0.29, 0.717) is 6.61 Å². The molecule has 28 heavy (non-hydrogen) atoms. The van der Waals surface area contributed by atoms with Crippen LogP contribution in [0.3, 0.4) is 0 Å². The van der Waals surface area contributed by atoms with Crippen molar-refractivity contribution in [2.24, 2.45) is 0 Å². The quantitative estimate of drug-likeness (QED) is 0.297. The largest absolute Gasteiger partial charge is 0.394 e. The lowest BCUT2D eigenvalue weighted by atomic mass is 10.0. The van der Waals surface area contributed by atoms with E-state index in [4.69, 9.17) is 9.47 Å². The molecule has 0 aromatic heterocycles. The van der Waals surface area contributed by atoms with Crippen molar-refractivity contribution in [3.8, 4) is 0 Å². The van der Waals surface area contributed by atoms with E-state index in [1.165, 1.54) is 83.5 Å². The molecule has 0 aromatic rings. The minimum atomic E-state index is -0.984. The molecular formula is C23H46O5. The molecule has 0 aromatic carbocycles. The topological polar surface area (TPSA) is 79.2 Å². The first-order valence-corrected chi connectivity index (χ1v) is 11.9. The summed E-state index contributed by atoms with van der Waals surface area (Å²) in [6.07, 6.45) is 16.7. The molecule has 0 amide bonds. The predicted molar refractivity (Wildman–Crippen MR) is 114 cm³/mol. The van der Waals surface area contributed by atoms with Crippen LogP contribution in [0.1, 0.15) is 103 Å². The molecule has 5 heteroatoms. The zero-order valence-corrected chi connectivity index (χ0v) is 18.2. The van der Waals surface area contributed by atoms with Crippen LogP contribution in [0.25, 0.3) is 0 Å². The monoisotopic (exact) mass is 402 g/mol. The molecule has 1 heterocycles. The highest BCUT2D eigenvalue weighted by Gasteiger charge is 2.39. The fraction of sp³-hybridized carbons (Fsp3) is 1.00. The summed E-state index contributed by atoms with van der Waals surface area (Å²) in [7, 11) is 0. The van der Waals surface area contributed by atoms with Gasteiger partial charge in [-0.05, 0) is 6.42 Å². The van der Waals surface area contributed by atoms with E-state index in [0.717, 1.165) is 12.8 Å². The third kappa shape index (κ3) is 11.7. The Bertz CT molecular complexity index is 337. The molecule has 4 atom stereocenters. The number of hydrogen-bond donors (Lipinski definition) is 3. The van der Waals surface area contributed by atoms with Crippen LogP contribution in [0.2, 0.25) is 0 Å². The van der Waals surface area contributed by atoms with Crippen LogP contribution in [0.5, 0.6) is 0 Å². The molecule has 1 rings (SSSR count). The first-order chi connectivity index (χ1) is 13.7. The second-order valence-corrected chi connectivity index (χ2v) is 8.40. The molecule has 1 saturated heterocycles. The van der Waals surface area contributed by atoms with Crippen molar-refractivity contribution in [2.75, 3.05) is 19.8 Å². The Balaban J connectivity index is 1.85. The number of ether oxygens (including phenoxy) is 2. The van der Waals surface area contributed by atoms with Crippen molar-refractivity contribution >= 4 is 0 Å². The summed E-state index contributed by atoms with van der Waals surface area (Å²) in [5.74, 6) is 0. The zero-order valence-electron chi connectivity index (χ0n) is 18.2. The van der Waals surface area contributed by atoms with E-state index in [1.54, 1.807) is 0 Å². The zero-order chi connectivity index (χ0) is 20.5. The van der Waals surface area contributed by atoms with Gasteiger partial charge < -0.3 is 24.8 Å². The van der Waals surface area contributed by atoms with E-state index in [1.807, 2.05) is 0 Å². The van der Waals surface area contributed by atoms with E-state index < -0.39 is 24.4 Å². The van der Waals surface area contributed by atoms with Crippen molar-refractivity contribution in [3.05, 3.63) is 0 Å². The highest BCUT2D eigenvalue weighted by Crippen LogP contribution is 2.19. The molecule has 3 N–H and O–H groups in total. The molecule has 0 radical (unpaired) electrons. The third-order valence-corrected chi connectivity index (χ3v) is 5.82. The highest BCUT2D eigenvalue weighted by atomic mass is 16.6. The van der Waals surface area contributed by atoms with Crippen LogP contribution >= 0.6 is 0 Å². The van der Waals surface area contributed by atoms with Gasteiger partial charge in [0.15, 0.2) is 0 Å². The summed E-state index contributed by atoms with van der Waals surface area (Å²) < 4.78 is 11.0. The Morgan fingerprint density at radius 1 is 0.750 bits per heavy atom. The minimum absolute atomic E-state index is 0.0468. The van der Waals surface area contributed by atoms with Crippen molar-refractivity contribution in [3.63, 3.8) is 0 Å². The maximum absolute atomic E-state index is 10.00. The fourth-order valence-corrected chi connectivity index (χ4v) is 3.91. The molecule has 1 fully saturated rings. The smallest absolute Gasteiger partial charge is 0.114 e. The normalized spacial score (nSPS) is 25.3. The molecule has 0 aliphatic carbocycles. The Kier molecular flexibility index (Phi) is 16.3. The van der Waals surface area contributed by atoms with Gasteiger partial charge in [0.1, 0.15) is 24.4 Å². The molecule has 5 nitrogen and oxygen atoms in total. The van der Waals surface area contributed by atoms with Gasteiger partial charge in [-0.2, -0.15) is 0 Å². The van der Waals surface area contributed by atoms with Crippen molar-refractivity contribution in [1.29, 1.82) is 0 Å². The number of hydrogen-bond acceptors (Lipinski definition) is 5. The second-order valence-electron chi connectivity index (χ2n) is 8.40. The SMILES string of the molecule is CCCCCCCCCCCCCCCCCO[C@H]1[C@H](O)[C@@H](O)CO[C@@H]1CO. The van der Waals surface area contributed by atoms with Gasteiger partial charge in [-0.25, -0.2) is 0 Å². The molecule has 1 aliphatic heterocycles. The molecule has 0 unspecified atom stereocenters. The van der Waals surface area contributed by atoms with E-state index in [9.17, 15) is 15.3 Å². The number of rotatable bonds is 18. The first-order valence-electron chi connectivity index (χ1n) is 11.9. The predicted octanol–water partition coefficient (Wildman–Crippen LogP) is 4.36.